The minimum atomic E-state index is 1.11. The summed E-state index contributed by atoms with van der Waals surface area (Å²) in [6, 6.07) is 66.2. The zero-order chi connectivity index (χ0) is 41.6. The van der Waals surface area contributed by atoms with Crippen LogP contribution in [0.3, 0.4) is 0 Å². The van der Waals surface area contributed by atoms with Gasteiger partial charge in [0.05, 0.1) is 0 Å². The van der Waals surface area contributed by atoms with E-state index in [9.17, 15) is 0 Å². The summed E-state index contributed by atoms with van der Waals surface area (Å²) in [5, 5.41) is 0. The number of hydrogen-bond acceptors (Lipinski definition) is 2. The molecule has 0 N–H and O–H groups in total. The lowest BCUT2D eigenvalue weighted by molar-refractivity contribution is 1.23. The Morgan fingerprint density at radius 3 is 0.933 bits per heavy atom. The van der Waals surface area contributed by atoms with E-state index in [0.29, 0.717) is 0 Å². The molecule has 0 bridgehead atoms. The smallest absolute Gasteiger partial charge is 0.0490 e. The second-order valence-electron chi connectivity index (χ2n) is 16.0. The molecule has 0 unspecified atom stereocenters. The highest BCUT2D eigenvalue weighted by molar-refractivity contribution is 5.83. The van der Waals surface area contributed by atoms with Crippen LogP contribution in [0.1, 0.15) is 55.6 Å². The SMILES string of the molecule is Cc1cccc(C=Cc2ccc(N(c3ccc(-c4ccc(N(c5ccc(C=Cc6cccc(C)c6)cc5)c5ccc(C)cc5C)cc4)cc3)c3ccc(C)cc3C)cc2)c1. The molecule has 0 aliphatic heterocycles. The van der Waals surface area contributed by atoms with Crippen LogP contribution in [-0.4, -0.2) is 0 Å². The maximum Gasteiger partial charge on any atom is 0.0490 e. The highest BCUT2D eigenvalue weighted by atomic mass is 15.1. The van der Waals surface area contributed by atoms with Gasteiger partial charge >= 0.3 is 0 Å². The Kier molecular flexibility index (Phi) is 11.7. The van der Waals surface area contributed by atoms with Gasteiger partial charge < -0.3 is 9.80 Å². The van der Waals surface area contributed by atoms with Crippen LogP contribution in [0.15, 0.2) is 182 Å². The van der Waals surface area contributed by atoms with Crippen LogP contribution < -0.4 is 9.80 Å². The van der Waals surface area contributed by atoms with Crippen molar-refractivity contribution < 1.29 is 0 Å². The molecular weight excluding hydrogens is 725 g/mol. The van der Waals surface area contributed by atoms with Crippen molar-refractivity contribution in [2.24, 2.45) is 0 Å². The summed E-state index contributed by atoms with van der Waals surface area (Å²) in [5.41, 5.74) is 21.4. The molecule has 0 aliphatic rings. The molecule has 0 aromatic heterocycles. The van der Waals surface area contributed by atoms with Crippen LogP contribution in [0.2, 0.25) is 0 Å². The summed E-state index contributed by atoms with van der Waals surface area (Å²) in [6.07, 6.45) is 8.73. The number of benzene rings is 8. The summed E-state index contributed by atoms with van der Waals surface area (Å²) in [7, 11) is 0. The number of aryl methyl sites for hydroxylation is 6. The summed E-state index contributed by atoms with van der Waals surface area (Å²) in [4.78, 5) is 4.72. The summed E-state index contributed by atoms with van der Waals surface area (Å²) in [5.74, 6) is 0. The van der Waals surface area contributed by atoms with Gasteiger partial charge in [-0.2, -0.15) is 0 Å². The predicted octanol–water partition coefficient (Wildman–Crippen LogP) is 16.5. The van der Waals surface area contributed by atoms with E-state index in [2.05, 4.69) is 258 Å². The van der Waals surface area contributed by atoms with E-state index in [1.54, 1.807) is 0 Å². The second kappa shape index (κ2) is 17.8. The van der Waals surface area contributed by atoms with Crippen molar-refractivity contribution >= 4 is 58.4 Å². The minimum absolute atomic E-state index is 1.11. The number of anilines is 6. The Balaban J connectivity index is 1.07. The van der Waals surface area contributed by atoms with Crippen molar-refractivity contribution in [3.8, 4) is 11.1 Å². The largest absolute Gasteiger partial charge is 0.310 e. The molecule has 8 rings (SSSR count). The minimum Gasteiger partial charge on any atom is -0.310 e. The van der Waals surface area contributed by atoms with E-state index in [4.69, 9.17) is 0 Å². The number of hydrogen-bond donors (Lipinski definition) is 0. The van der Waals surface area contributed by atoms with E-state index in [1.165, 1.54) is 78.1 Å². The van der Waals surface area contributed by atoms with Crippen molar-refractivity contribution in [2.45, 2.75) is 41.5 Å². The molecule has 0 saturated carbocycles. The molecular formula is C58H52N2. The van der Waals surface area contributed by atoms with Crippen LogP contribution in [0.5, 0.6) is 0 Å². The third-order valence-electron chi connectivity index (χ3n) is 11.1. The first-order chi connectivity index (χ1) is 29.2. The Bertz CT molecular complexity index is 2590. The van der Waals surface area contributed by atoms with Gasteiger partial charge in [0.2, 0.25) is 0 Å². The molecule has 0 atom stereocenters. The van der Waals surface area contributed by atoms with Gasteiger partial charge in [0.1, 0.15) is 0 Å². The summed E-state index contributed by atoms with van der Waals surface area (Å²) < 4.78 is 0. The molecule has 8 aromatic carbocycles. The normalized spacial score (nSPS) is 11.4. The first-order valence-electron chi connectivity index (χ1n) is 20.8. The van der Waals surface area contributed by atoms with Gasteiger partial charge in [-0.1, -0.05) is 168 Å². The summed E-state index contributed by atoms with van der Waals surface area (Å²) >= 11 is 0. The maximum absolute atomic E-state index is 2.36. The van der Waals surface area contributed by atoms with Gasteiger partial charge in [-0.15, -0.1) is 0 Å². The lowest BCUT2D eigenvalue weighted by Gasteiger charge is -2.28. The molecule has 8 aromatic rings. The lowest BCUT2D eigenvalue weighted by atomic mass is 10.0. The van der Waals surface area contributed by atoms with Crippen LogP contribution in [-0.2, 0) is 0 Å². The molecule has 0 fully saturated rings. The zero-order valence-corrected chi connectivity index (χ0v) is 35.5. The molecule has 0 spiro atoms. The Morgan fingerprint density at radius 1 is 0.283 bits per heavy atom. The highest BCUT2D eigenvalue weighted by Gasteiger charge is 2.17. The van der Waals surface area contributed by atoms with E-state index in [-0.39, 0.29) is 0 Å². The van der Waals surface area contributed by atoms with E-state index >= 15 is 0 Å². The topological polar surface area (TPSA) is 6.48 Å². The van der Waals surface area contributed by atoms with Gasteiger partial charge in [0.25, 0.3) is 0 Å². The van der Waals surface area contributed by atoms with Crippen LogP contribution in [0, 0.1) is 41.5 Å². The summed E-state index contributed by atoms with van der Waals surface area (Å²) in [6.45, 7) is 13.0. The van der Waals surface area contributed by atoms with Crippen molar-refractivity contribution in [2.75, 3.05) is 9.80 Å². The molecule has 294 valence electrons. The van der Waals surface area contributed by atoms with Crippen molar-refractivity contribution in [3.05, 3.63) is 238 Å². The van der Waals surface area contributed by atoms with Gasteiger partial charge in [-0.05, 0) is 147 Å². The van der Waals surface area contributed by atoms with Crippen LogP contribution in [0.25, 0.3) is 35.4 Å². The second-order valence-corrected chi connectivity index (χ2v) is 16.0. The molecule has 2 heteroatoms. The maximum atomic E-state index is 2.36. The van der Waals surface area contributed by atoms with Crippen LogP contribution >= 0.6 is 0 Å². The third-order valence-corrected chi connectivity index (χ3v) is 11.1. The van der Waals surface area contributed by atoms with Gasteiger partial charge in [0.15, 0.2) is 0 Å². The van der Waals surface area contributed by atoms with Crippen LogP contribution in [0.4, 0.5) is 34.1 Å². The molecule has 0 saturated heterocycles. The van der Waals surface area contributed by atoms with E-state index in [0.717, 1.165) is 22.7 Å². The highest BCUT2D eigenvalue weighted by Crippen LogP contribution is 2.40. The standard InChI is InChI=1S/C58H52N2/c1-41-9-7-11-49(39-41)17-15-47-19-27-53(28-20-47)59(57-35-13-43(3)37-45(57)5)55-31-23-51(24-32-55)52-25-33-56(34-26-52)60(58-36-14-44(4)38-46(58)6)54-29-21-48(22-30-54)16-18-50-12-8-10-42(2)40-50/h7-40H,1-6H3. The number of nitrogens with zero attached hydrogens (tertiary/aromatic N) is 2. The van der Waals surface area contributed by atoms with Gasteiger partial charge in [-0.25, -0.2) is 0 Å². The molecule has 0 radical (unpaired) electrons. The molecule has 2 nitrogen and oxygen atoms in total. The Hall–Kier alpha value is -7.16. The van der Waals surface area contributed by atoms with Gasteiger partial charge in [0, 0.05) is 34.1 Å². The zero-order valence-electron chi connectivity index (χ0n) is 35.5. The van der Waals surface area contributed by atoms with Crippen molar-refractivity contribution in [1.29, 1.82) is 0 Å². The Labute approximate surface area is 357 Å². The fraction of sp³-hybridized carbons (Fsp3) is 0.103. The Morgan fingerprint density at radius 2 is 0.600 bits per heavy atom. The fourth-order valence-electron chi connectivity index (χ4n) is 7.97. The van der Waals surface area contributed by atoms with Crippen molar-refractivity contribution in [3.63, 3.8) is 0 Å². The quantitative estimate of drug-likeness (QED) is 0.121. The molecule has 60 heavy (non-hydrogen) atoms. The van der Waals surface area contributed by atoms with E-state index < -0.39 is 0 Å². The molecule has 0 heterocycles. The first kappa shape index (κ1) is 39.7. The molecule has 0 aliphatic carbocycles. The monoisotopic (exact) mass is 776 g/mol. The average molecular weight is 777 g/mol. The van der Waals surface area contributed by atoms with Gasteiger partial charge in [-0.3, -0.25) is 0 Å². The molecule has 0 amide bonds. The predicted molar refractivity (Wildman–Crippen MR) is 260 cm³/mol. The lowest BCUT2D eigenvalue weighted by Crippen LogP contribution is -2.11. The average Bonchev–Trinajstić information content (AvgIpc) is 3.25. The van der Waals surface area contributed by atoms with E-state index in [1.807, 2.05) is 0 Å². The fourth-order valence-corrected chi connectivity index (χ4v) is 7.97. The van der Waals surface area contributed by atoms with Crippen molar-refractivity contribution in [1.82, 2.24) is 0 Å². The first-order valence-corrected chi connectivity index (χ1v) is 20.8. The third kappa shape index (κ3) is 9.25. The number of rotatable bonds is 11.